The van der Waals surface area contributed by atoms with Gasteiger partial charge in [-0.15, -0.1) is 0 Å². The first-order chi connectivity index (χ1) is 27.2. The van der Waals surface area contributed by atoms with E-state index in [4.69, 9.17) is 37.9 Å². The molecule has 58 heavy (non-hydrogen) atoms. The molecule has 0 aromatic rings. The fraction of sp³-hybridized carbons (Fsp3) is 0.810. The number of hydrogen-bond acceptors (Lipinski definition) is 16. The van der Waals surface area contributed by atoms with Crippen molar-refractivity contribution in [1.82, 2.24) is 4.90 Å². The number of methoxy groups -OCH3 is 1. The summed E-state index contributed by atoms with van der Waals surface area (Å²) in [6.45, 7) is 13.5. The van der Waals surface area contributed by atoms with E-state index in [0.717, 1.165) is 0 Å². The van der Waals surface area contributed by atoms with Gasteiger partial charge in [0.05, 0.1) is 36.9 Å². The number of aliphatic hydroxyl groups excluding tert-OH is 2. The molecule has 0 aromatic heterocycles. The Labute approximate surface area is 343 Å². The maximum atomic E-state index is 13.2. The third kappa shape index (κ3) is 14.2. The van der Waals surface area contributed by atoms with Crippen molar-refractivity contribution in [1.29, 1.82) is 0 Å². The number of aldehydes is 1. The van der Waals surface area contributed by atoms with Gasteiger partial charge in [0.2, 0.25) is 0 Å². The van der Waals surface area contributed by atoms with E-state index in [1.54, 1.807) is 71.0 Å². The van der Waals surface area contributed by atoms with E-state index >= 15 is 0 Å². The number of esters is 3. The van der Waals surface area contributed by atoms with Gasteiger partial charge in [0.15, 0.2) is 18.7 Å². The molecule has 16 heteroatoms. The number of nitrogens with zero attached hydrogens (tertiary/aromatic N) is 1. The monoisotopic (exact) mass is 827 g/mol. The van der Waals surface area contributed by atoms with Gasteiger partial charge in [0, 0.05) is 39.7 Å². The number of cyclic esters (lactones) is 1. The van der Waals surface area contributed by atoms with Crippen molar-refractivity contribution in [2.45, 2.75) is 179 Å². The number of allylic oxidation sites excluding steroid dienone is 2. The maximum Gasteiger partial charge on any atom is 0.309 e. The Hall–Kier alpha value is -2.80. The maximum absolute atomic E-state index is 13.2. The van der Waals surface area contributed by atoms with Crippen LogP contribution < -0.4 is 0 Å². The molecular weight excluding hydrogens is 758 g/mol. The van der Waals surface area contributed by atoms with Gasteiger partial charge < -0.3 is 62.9 Å². The van der Waals surface area contributed by atoms with Gasteiger partial charge in [-0.25, -0.2) is 0 Å². The molecule has 2 saturated heterocycles. The second-order valence-electron chi connectivity index (χ2n) is 17.0. The van der Waals surface area contributed by atoms with Gasteiger partial charge in [-0.2, -0.15) is 0 Å². The molecule has 3 rings (SSSR count). The Bertz CT molecular complexity index is 1390. The molecule has 16 nitrogen and oxygen atoms in total. The molecule has 0 aromatic carbocycles. The first kappa shape index (κ1) is 49.6. The Morgan fingerprint density at radius 3 is 2.29 bits per heavy atom. The van der Waals surface area contributed by atoms with E-state index < -0.39 is 121 Å². The van der Waals surface area contributed by atoms with Crippen molar-refractivity contribution in [2.24, 2.45) is 17.8 Å². The van der Waals surface area contributed by atoms with Crippen LogP contribution in [0.3, 0.4) is 0 Å². The molecule has 0 radical (unpaired) electrons. The van der Waals surface area contributed by atoms with Gasteiger partial charge >= 0.3 is 17.9 Å². The van der Waals surface area contributed by atoms with Crippen molar-refractivity contribution < 1.29 is 72.4 Å². The molecule has 3 N–H and O–H groups in total. The zero-order valence-corrected chi connectivity index (χ0v) is 36.1. The van der Waals surface area contributed by atoms with Crippen LogP contribution in [0.1, 0.15) is 93.9 Å². The van der Waals surface area contributed by atoms with E-state index in [1.165, 1.54) is 14.0 Å². The second-order valence-corrected chi connectivity index (χ2v) is 17.0. The fourth-order valence-corrected chi connectivity index (χ4v) is 8.08. The summed E-state index contributed by atoms with van der Waals surface area (Å²) in [7, 11) is 4.86. The van der Waals surface area contributed by atoms with Crippen molar-refractivity contribution in [2.75, 3.05) is 21.2 Å². The van der Waals surface area contributed by atoms with Crippen LogP contribution in [0, 0.1) is 17.8 Å². The highest BCUT2D eigenvalue weighted by molar-refractivity contribution is 5.72. The topological polar surface area (TPSA) is 206 Å². The van der Waals surface area contributed by atoms with E-state index in [2.05, 4.69) is 0 Å². The van der Waals surface area contributed by atoms with Crippen LogP contribution in [0.25, 0.3) is 0 Å². The Kier molecular flexibility index (Phi) is 19.4. The van der Waals surface area contributed by atoms with Crippen molar-refractivity contribution in [3.05, 3.63) is 24.3 Å². The van der Waals surface area contributed by atoms with Gasteiger partial charge in [-0.1, -0.05) is 45.1 Å². The predicted molar refractivity (Wildman–Crippen MR) is 210 cm³/mol. The summed E-state index contributed by atoms with van der Waals surface area (Å²) in [4.78, 5) is 52.3. The van der Waals surface area contributed by atoms with Gasteiger partial charge in [0.25, 0.3) is 0 Å². The molecule has 0 spiro atoms. The van der Waals surface area contributed by atoms with Crippen LogP contribution in [0.15, 0.2) is 24.3 Å². The van der Waals surface area contributed by atoms with Gasteiger partial charge in [-0.05, 0) is 66.0 Å². The zero-order chi connectivity index (χ0) is 43.5. The number of carbonyl (C=O) groups is 4. The molecule has 3 aliphatic heterocycles. The number of rotatable bonds is 12. The molecule has 2 fully saturated rings. The van der Waals surface area contributed by atoms with E-state index in [1.807, 2.05) is 20.8 Å². The summed E-state index contributed by atoms with van der Waals surface area (Å²) in [6, 6.07) is -0.782. The molecule has 0 amide bonds. The Morgan fingerprint density at radius 2 is 1.71 bits per heavy atom. The smallest absolute Gasteiger partial charge is 0.309 e. The average molecular weight is 828 g/mol. The number of ether oxygens (including phenoxy) is 8. The lowest BCUT2D eigenvalue weighted by atomic mass is 9.82. The zero-order valence-electron chi connectivity index (χ0n) is 36.1. The lowest BCUT2D eigenvalue weighted by molar-refractivity contribution is -0.344. The van der Waals surface area contributed by atoms with Crippen molar-refractivity contribution >= 4 is 24.2 Å². The van der Waals surface area contributed by atoms with Crippen LogP contribution in [0.5, 0.6) is 0 Å². The van der Waals surface area contributed by atoms with Crippen LogP contribution in [-0.2, 0) is 57.1 Å². The van der Waals surface area contributed by atoms with E-state index in [0.29, 0.717) is 12.7 Å². The molecule has 0 saturated carbocycles. The molecule has 332 valence electrons. The SMILES string of the molecule is CO[C@@H]1[C@@H](OC2O[C@H](C)[C@@H](O[C@H]3C[C@@](C)(O)[C@@H](OC(=O)CC(C)C)[C@H](C)O3)[C@H](N(C)C)[C@H]2O)[C@@H](CC=O)C[C@@H](C)[C@@H](O)/C=C/C=C/C[C@@H](C)OC(=O)C[C@@H]1OC(C)=O. The summed E-state index contributed by atoms with van der Waals surface area (Å²) in [5, 5.41) is 34.6. The largest absolute Gasteiger partial charge is 0.462 e. The minimum Gasteiger partial charge on any atom is -0.462 e. The minimum absolute atomic E-state index is 0.0460. The lowest BCUT2D eigenvalue weighted by Gasteiger charge is -2.50. The predicted octanol–water partition coefficient (Wildman–Crippen LogP) is 3.01. The first-order valence-electron chi connectivity index (χ1n) is 20.4. The molecule has 0 aliphatic carbocycles. The summed E-state index contributed by atoms with van der Waals surface area (Å²) < 4.78 is 48.6. The molecule has 0 bridgehead atoms. The molecule has 1 unspecified atom stereocenters. The quantitative estimate of drug-likeness (QED) is 0.147. The lowest BCUT2D eigenvalue weighted by Crippen LogP contribution is -2.66. The van der Waals surface area contributed by atoms with Crippen molar-refractivity contribution in [3.63, 3.8) is 0 Å². The minimum atomic E-state index is -1.50. The van der Waals surface area contributed by atoms with E-state index in [9.17, 15) is 34.5 Å². The third-order valence-electron chi connectivity index (χ3n) is 10.9. The average Bonchev–Trinajstić information content (AvgIpc) is 3.09. The highest BCUT2D eigenvalue weighted by atomic mass is 16.7. The number of hydrogen-bond donors (Lipinski definition) is 3. The van der Waals surface area contributed by atoms with Crippen LogP contribution >= 0.6 is 0 Å². The third-order valence-corrected chi connectivity index (χ3v) is 10.9. The van der Waals surface area contributed by atoms with Gasteiger partial charge in [0.1, 0.15) is 42.4 Å². The Balaban J connectivity index is 1.98. The number of likely N-dealkylation sites (N-methyl/N-ethyl adjacent to an activating group) is 1. The second kappa shape index (κ2) is 22.7. The standard InChI is InChI=1S/C42H69NO15/c1-23(2)19-32(47)56-40-27(6)53-34(22-42(40,8)50)57-37-26(5)54-41(36(49)35(37)43(9)10)58-38-29(17-18-44)20-24(3)30(46)16-14-12-13-15-25(4)52-33(48)21-31(39(38)51-11)55-28(7)45/h12-14,16,18,23-27,29-31,34-41,46,49-50H,15,17,19-22H2,1-11H3/b13-12+,16-14+/t24-,25-,26-,27+,29+,30+,31+,34+,35-,36-,37-,38+,39+,40+,41?,42-/m1/s1. The van der Waals surface area contributed by atoms with Crippen molar-refractivity contribution in [3.8, 4) is 0 Å². The first-order valence-corrected chi connectivity index (χ1v) is 20.4. The highest BCUT2D eigenvalue weighted by Crippen LogP contribution is 2.38. The van der Waals surface area contributed by atoms with Crippen LogP contribution in [0.4, 0.5) is 0 Å². The highest BCUT2D eigenvalue weighted by Gasteiger charge is 2.53. The summed E-state index contributed by atoms with van der Waals surface area (Å²) >= 11 is 0. The van der Waals surface area contributed by atoms with Crippen LogP contribution in [-0.4, -0.2) is 151 Å². The van der Waals surface area contributed by atoms with Gasteiger partial charge in [-0.3, -0.25) is 14.4 Å². The van der Waals surface area contributed by atoms with E-state index in [-0.39, 0.29) is 31.6 Å². The molecular formula is C42H69NO15. The summed E-state index contributed by atoms with van der Waals surface area (Å²) in [6.07, 6.45) is -4.11. The normalized spacial score (nSPS) is 40.7. The Morgan fingerprint density at radius 1 is 1.02 bits per heavy atom. The summed E-state index contributed by atoms with van der Waals surface area (Å²) in [5.74, 6) is -2.82. The number of carbonyl (C=O) groups excluding carboxylic acids is 4. The summed E-state index contributed by atoms with van der Waals surface area (Å²) in [5.41, 5.74) is -1.50. The molecule has 16 atom stereocenters. The van der Waals surface area contributed by atoms with Crippen LogP contribution in [0.2, 0.25) is 0 Å². The fourth-order valence-electron chi connectivity index (χ4n) is 8.08. The number of aliphatic hydroxyl groups is 3. The molecule has 3 aliphatic rings. The molecule has 3 heterocycles.